The van der Waals surface area contributed by atoms with Crippen LogP contribution in [0.1, 0.15) is 29.2 Å². The van der Waals surface area contributed by atoms with Crippen LogP contribution in [0.2, 0.25) is 0 Å². The second-order valence-corrected chi connectivity index (χ2v) is 4.51. The zero-order valence-corrected chi connectivity index (χ0v) is 10.2. The molecule has 1 saturated carbocycles. The molecule has 4 nitrogen and oxygen atoms in total. The second-order valence-electron chi connectivity index (χ2n) is 4.51. The van der Waals surface area contributed by atoms with Crippen molar-refractivity contribution in [2.24, 2.45) is 0 Å². The smallest absolute Gasteiger partial charge is 0.337 e. The van der Waals surface area contributed by atoms with E-state index in [-0.39, 0.29) is 5.97 Å². The molecular formula is C14H14N2O2. The minimum Gasteiger partial charge on any atom is -0.465 e. The monoisotopic (exact) mass is 242 g/mol. The van der Waals surface area contributed by atoms with Gasteiger partial charge < -0.3 is 4.74 Å². The number of ether oxygens (including phenoxy) is 1. The summed E-state index contributed by atoms with van der Waals surface area (Å²) in [7, 11) is 1.38. The Morgan fingerprint density at radius 3 is 2.61 bits per heavy atom. The van der Waals surface area contributed by atoms with E-state index in [0.717, 1.165) is 11.1 Å². The summed E-state index contributed by atoms with van der Waals surface area (Å²) in [6.45, 7) is 0. The van der Waals surface area contributed by atoms with Gasteiger partial charge in [0.1, 0.15) is 0 Å². The number of carbonyl (C=O) groups excluding carboxylic acids is 1. The van der Waals surface area contributed by atoms with E-state index in [0.29, 0.717) is 11.6 Å². The summed E-state index contributed by atoms with van der Waals surface area (Å²) in [4.78, 5) is 11.3. The maximum Gasteiger partial charge on any atom is 0.337 e. The lowest BCUT2D eigenvalue weighted by atomic mass is 10.1. The first-order valence-corrected chi connectivity index (χ1v) is 6.01. The maximum absolute atomic E-state index is 11.3. The first-order chi connectivity index (χ1) is 8.78. The number of rotatable bonds is 3. The van der Waals surface area contributed by atoms with Crippen molar-refractivity contribution in [2.45, 2.75) is 18.9 Å². The first-order valence-electron chi connectivity index (χ1n) is 6.01. The Labute approximate surface area is 105 Å². The molecule has 0 atom stereocenters. The number of methoxy groups -OCH3 is 1. The third-order valence-corrected chi connectivity index (χ3v) is 3.16. The van der Waals surface area contributed by atoms with E-state index in [1.165, 1.54) is 20.0 Å². The molecule has 1 aliphatic carbocycles. The molecule has 18 heavy (non-hydrogen) atoms. The number of nitrogens with zero attached hydrogens (tertiary/aromatic N) is 2. The number of hydrogen-bond acceptors (Lipinski definition) is 3. The van der Waals surface area contributed by atoms with E-state index in [1.807, 2.05) is 23.0 Å². The summed E-state index contributed by atoms with van der Waals surface area (Å²) in [5.74, 6) is -0.310. The number of benzene rings is 1. The van der Waals surface area contributed by atoms with Crippen LogP contribution >= 0.6 is 0 Å². The molecule has 0 unspecified atom stereocenters. The molecule has 0 aliphatic heterocycles. The average Bonchev–Trinajstić information content (AvgIpc) is 3.16. The molecule has 0 radical (unpaired) electrons. The Morgan fingerprint density at radius 2 is 2.00 bits per heavy atom. The van der Waals surface area contributed by atoms with Crippen molar-refractivity contribution in [2.75, 3.05) is 7.11 Å². The number of carbonyl (C=O) groups is 1. The second kappa shape index (κ2) is 4.29. The quantitative estimate of drug-likeness (QED) is 0.777. The van der Waals surface area contributed by atoms with Crippen LogP contribution in [-0.2, 0) is 4.74 Å². The summed E-state index contributed by atoms with van der Waals surface area (Å²) in [6.07, 6.45) is 6.38. The summed E-state index contributed by atoms with van der Waals surface area (Å²) < 4.78 is 6.69. The lowest BCUT2D eigenvalue weighted by Gasteiger charge is -2.01. The number of aromatic nitrogens is 2. The molecular weight excluding hydrogens is 228 g/mol. The number of esters is 1. The topological polar surface area (TPSA) is 44.1 Å². The summed E-state index contributed by atoms with van der Waals surface area (Å²) in [5, 5.41) is 4.35. The van der Waals surface area contributed by atoms with Crippen LogP contribution in [0.15, 0.2) is 36.7 Å². The molecule has 2 aromatic rings. The fourth-order valence-corrected chi connectivity index (χ4v) is 1.94. The molecule has 1 fully saturated rings. The van der Waals surface area contributed by atoms with E-state index in [2.05, 4.69) is 16.0 Å². The van der Waals surface area contributed by atoms with Gasteiger partial charge in [-0.1, -0.05) is 12.1 Å². The Hall–Kier alpha value is -2.10. The van der Waals surface area contributed by atoms with Crippen molar-refractivity contribution in [1.29, 1.82) is 0 Å². The Bertz CT molecular complexity index is 568. The highest BCUT2D eigenvalue weighted by molar-refractivity contribution is 5.89. The number of hydrogen-bond donors (Lipinski definition) is 0. The van der Waals surface area contributed by atoms with E-state index >= 15 is 0 Å². The van der Waals surface area contributed by atoms with E-state index in [1.54, 1.807) is 12.1 Å². The highest BCUT2D eigenvalue weighted by Crippen LogP contribution is 2.35. The molecule has 0 N–H and O–H groups in total. The van der Waals surface area contributed by atoms with Gasteiger partial charge in [-0.05, 0) is 30.5 Å². The van der Waals surface area contributed by atoms with E-state index < -0.39 is 0 Å². The van der Waals surface area contributed by atoms with Crippen molar-refractivity contribution in [3.05, 3.63) is 42.2 Å². The molecule has 0 bridgehead atoms. The molecule has 0 amide bonds. The molecule has 1 aliphatic rings. The summed E-state index contributed by atoms with van der Waals surface area (Å²) >= 11 is 0. The lowest BCUT2D eigenvalue weighted by Crippen LogP contribution is -2.00. The van der Waals surface area contributed by atoms with Gasteiger partial charge in [0, 0.05) is 11.8 Å². The Morgan fingerprint density at radius 1 is 1.28 bits per heavy atom. The Balaban J connectivity index is 1.84. The highest BCUT2D eigenvalue weighted by Gasteiger charge is 2.24. The van der Waals surface area contributed by atoms with E-state index in [9.17, 15) is 4.79 Å². The van der Waals surface area contributed by atoms with Crippen LogP contribution in [0.5, 0.6) is 0 Å². The molecule has 0 saturated heterocycles. The van der Waals surface area contributed by atoms with Crippen LogP contribution in [-0.4, -0.2) is 22.9 Å². The molecule has 0 spiro atoms. The van der Waals surface area contributed by atoms with Gasteiger partial charge in [0.05, 0.1) is 24.9 Å². The van der Waals surface area contributed by atoms with Crippen LogP contribution in [0.4, 0.5) is 0 Å². The van der Waals surface area contributed by atoms with Crippen molar-refractivity contribution in [3.63, 3.8) is 0 Å². The minimum atomic E-state index is -0.310. The van der Waals surface area contributed by atoms with Gasteiger partial charge in [-0.2, -0.15) is 5.10 Å². The molecule has 92 valence electrons. The Kier molecular flexibility index (Phi) is 2.63. The average molecular weight is 242 g/mol. The highest BCUT2D eigenvalue weighted by atomic mass is 16.5. The lowest BCUT2D eigenvalue weighted by molar-refractivity contribution is 0.0601. The van der Waals surface area contributed by atoms with Crippen LogP contribution < -0.4 is 0 Å². The van der Waals surface area contributed by atoms with Gasteiger partial charge in [0.25, 0.3) is 0 Å². The predicted octanol–water partition coefficient (Wildman–Crippen LogP) is 2.67. The largest absolute Gasteiger partial charge is 0.465 e. The molecule has 3 rings (SSSR count). The predicted molar refractivity (Wildman–Crippen MR) is 67.3 cm³/mol. The van der Waals surface area contributed by atoms with Crippen molar-refractivity contribution in [3.8, 4) is 11.1 Å². The fraction of sp³-hybridized carbons (Fsp3) is 0.286. The van der Waals surface area contributed by atoms with Gasteiger partial charge in [-0.15, -0.1) is 0 Å². The zero-order chi connectivity index (χ0) is 12.5. The molecule has 1 heterocycles. The zero-order valence-electron chi connectivity index (χ0n) is 10.2. The van der Waals surface area contributed by atoms with Crippen molar-refractivity contribution >= 4 is 5.97 Å². The third kappa shape index (κ3) is 2.01. The van der Waals surface area contributed by atoms with Gasteiger partial charge in [-0.25, -0.2) is 4.79 Å². The van der Waals surface area contributed by atoms with Gasteiger partial charge in [-0.3, -0.25) is 4.68 Å². The van der Waals surface area contributed by atoms with Crippen molar-refractivity contribution < 1.29 is 9.53 Å². The standard InChI is InChI=1S/C14H14N2O2/c1-18-14(17)11-4-2-10(3-5-11)12-8-15-16(9-12)13-6-7-13/h2-5,8-9,13H,6-7H2,1H3. The maximum atomic E-state index is 11.3. The fourth-order valence-electron chi connectivity index (χ4n) is 1.94. The van der Waals surface area contributed by atoms with Crippen LogP contribution in [0.25, 0.3) is 11.1 Å². The minimum absolute atomic E-state index is 0.310. The van der Waals surface area contributed by atoms with Gasteiger partial charge in [0.15, 0.2) is 0 Å². The first kappa shape index (κ1) is 11.0. The summed E-state index contributed by atoms with van der Waals surface area (Å²) in [6, 6.07) is 7.97. The van der Waals surface area contributed by atoms with Crippen molar-refractivity contribution in [1.82, 2.24) is 9.78 Å². The van der Waals surface area contributed by atoms with E-state index in [4.69, 9.17) is 0 Å². The van der Waals surface area contributed by atoms with Crippen LogP contribution in [0, 0.1) is 0 Å². The SMILES string of the molecule is COC(=O)c1ccc(-c2cnn(C3CC3)c2)cc1. The molecule has 4 heteroatoms. The van der Waals surface area contributed by atoms with Gasteiger partial charge in [0.2, 0.25) is 0 Å². The normalized spacial score (nSPS) is 14.5. The molecule has 1 aromatic heterocycles. The molecule has 1 aromatic carbocycles. The van der Waals surface area contributed by atoms with Crippen LogP contribution in [0.3, 0.4) is 0 Å². The third-order valence-electron chi connectivity index (χ3n) is 3.16. The van der Waals surface area contributed by atoms with Gasteiger partial charge >= 0.3 is 5.97 Å². The summed E-state index contributed by atoms with van der Waals surface area (Å²) in [5.41, 5.74) is 2.71.